The van der Waals surface area contributed by atoms with E-state index in [2.05, 4.69) is 5.32 Å². The van der Waals surface area contributed by atoms with Crippen LogP contribution in [0.15, 0.2) is 42.5 Å². The number of nitrogens with one attached hydrogen (secondary N) is 1. The summed E-state index contributed by atoms with van der Waals surface area (Å²) >= 11 is 0. The summed E-state index contributed by atoms with van der Waals surface area (Å²) in [6, 6.07) is 11.9. The van der Waals surface area contributed by atoms with Crippen LogP contribution in [0.3, 0.4) is 0 Å². The van der Waals surface area contributed by atoms with Gasteiger partial charge in [-0.3, -0.25) is 9.10 Å². The number of hydrogen-bond donors (Lipinski definition) is 1. The molecule has 0 aliphatic rings. The second-order valence-electron chi connectivity index (χ2n) is 5.90. The summed E-state index contributed by atoms with van der Waals surface area (Å²) in [5.41, 5.74) is 1.09. The topological polar surface area (TPSA) is 94.2 Å². The van der Waals surface area contributed by atoms with Crippen molar-refractivity contribution in [2.45, 2.75) is 6.54 Å². The van der Waals surface area contributed by atoms with E-state index in [-0.39, 0.29) is 13.1 Å². The SMILES string of the molecule is COc1ccccc1CNC(=O)CN(c1ccc(OC)c(OC)c1)S(C)(=O)=O. The molecule has 0 atom stereocenters. The highest BCUT2D eigenvalue weighted by Gasteiger charge is 2.22. The van der Waals surface area contributed by atoms with Crippen molar-refractivity contribution in [1.29, 1.82) is 0 Å². The summed E-state index contributed by atoms with van der Waals surface area (Å²) < 4.78 is 41.1. The van der Waals surface area contributed by atoms with Crippen LogP contribution in [0.1, 0.15) is 5.56 Å². The van der Waals surface area contributed by atoms with E-state index in [1.165, 1.54) is 20.3 Å². The van der Waals surface area contributed by atoms with Gasteiger partial charge >= 0.3 is 0 Å². The maximum Gasteiger partial charge on any atom is 0.241 e. The molecular formula is C19H24N2O6S. The molecule has 2 aromatic carbocycles. The van der Waals surface area contributed by atoms with Gasteiger partial charge in [-0.1, -0.05) is 18.2 Å². The van der Waals surface area contributed by atoms with Crippen LogP contribution in [0, 0.1) is 0 Å². The third-order valence-corrected chi connectivity index (χ3v) is 5.15. The molecule has 0 heterocycles. The van der Waals surface area contributed by atoms with E-state index >= 15 is 0 Å². The highest BCUT2D eigenvalue weighted by Crippen LogP contribution is 2.32. The molecule has 1 amide bonds. The van der Waals surface area contributed by atoms with Crippen LogP contribution in [0.25, 0.3) is 0 Å². The third-order valence-electron chi connectivity index (χ3n) is 4.01. The van der Waals surface area contributed by atoms with Gasteiger partial charge in [-0.05, 0) is 18.2 Å². The first-order valence-corrected chi connectivity index (χ1v) is 10.2. The standard InChI is InChI=1S/C19H24N2O6S/c1-25-16-8-6-5-7-14(16)12-20-19(22)13-21(28(4,23)24)15-9-10-17(26-2)18(11-15)27-3/h5-11H,12-13H2,1-4H3,(H,20,22). The zero-order chi connectivity index (χ0) is 20.7. The summed E-state index contributed by atoms with van der Waals surface area (Å²) in [7, 11) is 0.777. The van der Waals surface area contributed by atoms with Crippen LogP contribution in [0.4, 0.5) is 5.69 Å². The quantitative estimate of drug-likeness (QED) is 0.680. The molecule has 0 aliphatic heterocycles. The van der Waals surface area contributed by atoms with Crippen LogP contribution in [0.5, 0.6) is 17.2 Å². The molecule has 28 heavy (non-hydrogen) atoms. The lowest BCUT2D eigenvalue weighted by Gasteiger charge is -2.23. The molecule has 152 valence electrons. The molecule has 0 saturated heterocycles. The Morgan fingerprint density at radius 3 is 2.21 bits per heavy atom. The number of carbonyl (C=O) groups is 1. The molecule has 2 rings (SSSR count). The van der Waals surface area contributed by atoms with Gasteiger partial charge in [-0.15, -0.1) is 0 Å². The van der Waals surface area contributed by atoms with Gasteiger partial charge in [0.25, 0.3) is 0 Å². The number of para-hydroxylation sites is 1. The number of carbonyl (C=O) groups excluding carboxylic acids is 1. The van der Waals surface area contributed by atoms with E-state index < -0.39 is 15.9 Å². The predicted octanol–water partition coefficient (Wildman–Crippen LogP) is 1.79. The van der Waals surface area contributed by atoms with Gasteiger partial charge in [0.1, 0.15) is 12.3 Å². The number of sulfonamides is 1. The Labute approximate surface area is 165 Å². The first-order chi connectivity index (χ1) is 13.3. The fourth-order valence-electron chi connectivity index (χ4n) is 2.61. The summed E-state index contributed by atoms with van der Waals surface area (Å²) in [6.45, 7) is -0.157. The Morgan fingerprint density at radius 1 is 0.964 bits per heavy atom. The van der Waals surface area contributed by atoms with Gasteiger partial charge in [0.2, 0.25) is 15.9 Å². The van der Waals surface area contributed by atoms with Gasteiger partial charge in [0, 0.05) is 18.2 Å². The lowest BCUT2D eigenvalue weighted by Crippen LogP contribution is -2.40. The smallest absolute Gasteiger partial charge is 0.241 e. The largest absolute Gasteiger partial charge is 0.496 e. The van der Waals surface area contributed by atoms with E-state index in [4.69, 9.17) is 14.2 Å². The number of nitrogens with zero attached hydrogens (tertiary/aromatic N) is 1. The van der Waals surface area contributed by atoms with Crippen molar-refractivity contribution in [3.8, 4) is 17.2 Å². The van der Waals surface area contributed by atoms with Crippen molar-refractivity contribution >= 4 is 21.6 Å². The number of anilines is 1. The molecule has 8 nitrogen and oxygen atoms in total. The van der Waals surface area contributed by atoms with Gasteiger partial charge in [0.15, 0.2) is 11.5 Å². The number of rotatable bonds is 9. The molecule has 0 fully saturated rings. The number of amides is 1. The van der Waals surface area contributed by atoms with E-state index in [0.717, 1.165) is 16.1 Å². The molecule has 9 heteroatoms. The van der Waals surface area contributed by atoms with Gasteiger partial charge in [0.05, 0.1) is 33.3 Å². The Bertz CT molecular complexity index is 930. The number of benzene rings is 2. The predicted molar refractivity (Wildman–Crippen MR) is 107 cm³/mol. The molecule has 0 unspecified atom stereocenters. The molecule has 0 saturated carbocycles. The fourth-order valence-corrected chi connectivity index (χ4v) is 3.46. The van der Waals surface area contributed by atoms with Crippen LogP contribution in [-0.4, -0.2) is 48.5 Å². The maximum atomic E-state index is 12.4. The summed E-state index contributed by atoms with van der Waals surface area (Å²) in [4.78, 5) is 12.4. The third kappa shape index (κ3) is 5.29. The van der Waals surface area contributed by atoms with Crippen molar-refractivity contribution < 1.29 is 27.4 Å². The second kappa shape index (κ2) is 9.32. The molecule has 2 aromatic rings. The van der Waals surface area contributed by atoms with Crippen molar-refractivity contribution in [2.24, 2.45) is 0 Å². The maximum absolute atomic E-state index is 12.4. The van der Waals surface area contributed by atoms with Gasteiger partial charge in [-0.25, -0.2) is 8.42 Å². The molecule has 1 N–H and O–H groups in total. The average molecular weight is 408 g/mol. The first kappa shape index (κ1) is 21.4. The van der Waals surface area contributed by atoms with Crippen molar-refractivity contribution in [2.75, 3.05) is 38.4 Å². The summed E-state index contributed by atoms with van der Waals surface area (Å²) in [6.07, 6.45) is 1.04. The monoisotopic (exact) mass is 408 g/mol. The van der Waals surface area contributed by atoms with Crippen LogP contribution >= 0.6 is 0 Å². The highest BCUT2D eigenvalue weighted by atomic mass is 32.2. The average Bonchev–Trinajstić information content (AvgIpc) is 2.69. The lowest BCUT2D eigenvalue weighted by atomic mass is 10.2. The zero-order valence-corrected chi connectivity index (χ0v) is 17.1. The molecule has 0 aromatic heterocycles. The number of hydrogen-bond acceptors (Lipinski definition) is 6. The van der Waals surface area contributed by atoms with Crippen molar-refractivity contribution in [3.05, 3.63) is 48.0 Å². The van der Waals surface area contributed by atoms with Crippen LogP contribution in [-0.2, 0) is 21.4 Å². The van der Waals surface area contributed by atoms with Gasteiger partial charge < -0.3 is 19.5 Å². The minimum absolute atomic E-state index is 0.215. The lowest BCUT2D eigenvalue weighted by molar-refractivity contribution is -0.119. The van der Waals surface area contributed by atoms with Crippen LogP contribution < -0.4 is 23.8 Å². The Balaban J connectivity index is 2.18. The van der Waals surface area contributed by atoms with E-state index in [9.17, 15) is 13.2 Å². The molecule has 0 bridgehead atoms. The van der Waals surface area contributed by atoms with Crippen LogP contribution in [0.2, 0.25) is 0 Å². The summed E-state index contributed by atoms with van der Waals surface area (Å²) in [5.74, 6) is 1.01. The fraction of sp³-hybridized carbons (Fsp3) is 0.316. The molecule has 0 radical (unpaired) electrons. The summed E-state index contributed by atoms with van der Waals surface area (Å²) in [5, 5.41) is 2.72. The number of ether oxygens (including phenoxy) is 3. The highest BCUT2D eigenvalue weighted by molar-refractivity contribution is 7.92. The molecule has 0 aliphatic carbocycles. The normalized spacial score (nSPS) is 10.9. The van der Waals surface area contributed by atoms with Gasteiger partial charge in [-0.2, -0.15) is 0 Å². The van der Waals surface area contributed by atoms with Crippen molar-refractivity contribution in [1.82, 2.24) is 5.32 Å². The van der Waals surface area contributed by atoms with Crippen molar-refractivity contribution in [3.63, 3.8) is 0 Å². The molecule has 0 spiro atoms. The number of methoxy groups -OCH3 is 3. The molecular weight excluding hydrogens is 384 g/mol. The Morgan fingerprint density at radius 2 is 1.61 bits per heavy atom. The minimum atomic E-state index is -3.70. The minimum Gasteiger partial charge on any atom is -0.496 e. The van der Waals surface area contributed by atoms with E-state index in [1.54, 1.807) is 25.3 Å². The Kier molecular flexibility index (Phi) is 7.11. The zero-order valence-electron chi connectivity index (χ0n) is 16.3. The Hall–Kier alpha value is -2.94. The second-order valence-corrected chi connectivity index (χ2v) is 7.80. The first-order valence-electron chi connectivity index (χ1n) is 8.38. The van der Waals surface area contributed by atoms with E-state index in [0.29, 0.717) is 22.9 Å². The van der Waals surface area contributed by atoms with E-state index in [1.807, 2.05) is 18.2 Å².